The average molecular weight is 229 g/mol. The molecule has 3 heteroatoms. The second kappa shape index (κ2) is 4.53. The lowest BCUT2D eigenvalue weighted by Gasteiger charge is -2.21. The topological polar surface area (TPSA) is 38.7 Å². The van der Waals surface area contributed by atoms with Gasteiger partial charge in [-0.3, -0.25) is 9.79 Å². The van der Waals surface area contributed by atoms with Gasteiger partial charge in [-0.05, 0) is 30.7 Å². The highest BCUT2D eigenvalue weighted by Gasteiger charge is 2.36. The van der Waals surface area contributed by atoms with Crippen LogP contribution in [0.3, 0.4) is 0 Å². The van der Waals surface area contributed by atoms with Crippen molar-refractivity contribution < 1.29 is 9.53 Å². The fraction of sp³-hybridized carbons (Fsp3) is 0.286. The predicted molar refractivity (Wildman–Crippen MR) is 68.0 cm³/mol. The Balaban J connectivity index is 2.43. The summed E-state index contributed by atoms with van der Waals surface area (Å²) in [5, 5.41) is 0. The van der Waals surface area contributed by atoms with Gasteiger partial charge in [-0.15, -0.1) is 0 Å². The lowest BCUT2D eigenvalue weighted by molar-refractivity contribution is 0.0918. The number of hydrogen-bond donors (Lipinski definition) is 0. The third-order valence-electron chi connectivity index (χ3n) is 3.05. The van der Waals surface area contributed by atoms with Gasteiger partial charge in [0.25, 0.3) is 0 Å². The van der Waals surface area contributed by atoms with E-state index >= 15 is 0 Å². The minimum absolute atomic E-state index is 0.0116. The summed E-state index contributed by atoms with van der Waals surface area (Å²) in [6, 6.07) is 7.25. The predicted octanol–water partition coefficient (Wildman–Crippen LogP) is 2.67. The number of carbonyl (C=O) groups is 1. The smallest absolute Gasteiger partial charge is 0.197 e. The van der Waals surface area contributed by atoms with Gasteiger partial charge < -0.3 is 4.74 Å². The average Bonchev–Trinajstić information content (AvgIpc) is 2.88. The van der Waals surface area contributed by atoms with Gasteiger partial charge in [-0.1, -0.05) is 19.1 Å². The molecule has 1 atom stereocenters. The van der Waals surface area contributed by atoms with Crippen molar-refractivity contribution in [1.82, 2.24) is 0 Å². The highest BCUT2D eigenvalue weighted by Crippen LogP contribution is 2.30. The van der Waals surface area contributed by atoms with Crippen molar-refractivity contribution in [2.24, 2.45) is 4.99 Å². The zero-order valence-corrected chi connectivity index (χ0v) is 10.0. The van der Waals surface area contributed by atoms with Gasteiger partial charge in [-0.2, -0.15) is 0 Å². The van der Waals surface area contributed by atoms with E-state index in [9.17, 15) is 4.79 Å². The van der Waals surface area contributed by atoms with Crippen LogP contribution < -0.4 is 4.74 Å². The van der Waals surface area contributed by atoms with E-state index in [-0.39, 0.29) is 5.78 Å². The molecule has 1 aliphatic heterocycles. The molecule has 1 aromatic carbocycles. The maximum absolute atomic E-state index is 12.5. The summed E-state index contributed by atoms with van der Waals surface area (Å²) in [5.41, 5.74) is -0.158. The first-order valence-corrected chi connectivity index (χ1v) is 5.64. The number of methoxy groups -OCH3 is 1. The van der Waals surface area contributed by atoms with Crippen LogP contribution in [-0.4, -0.2) is 24.6 Å². The Morgan fingerprint density at radius 3 is 2.76 bits per heavy atom. The number of allylic oxidation sites excluding steroid dienone is 1. The van der Waals surface area contributed by atoms with Gasteiger partial charge >= 0.3 is 0 Å². The standard InChI is InChI=1S/C14H15NO2/c1-3-14(9-6-10-15-14)13(16)11-7-4-5-8-12(11)17-2/h4-10H,3H2,1-2H3. The molecule has 1 heterocycles. The minimum Gasteiger partial charge on any atom is -0.496 e. The molecule has 3 nitrogen and oxygen atoms in total. The molecular weight excluding hydrogens is 214 g/mol. The van der Waals surface area contributed by atoms with Gasteiger partial charge in [0.2, 0.25) is 0 Å². The second-order valence-electron chi connectivity index (χ2n) is 3.94. The maximum atomic E-state index is 12.5. The van der Waals surface area contributed by atoms with Crippen molar-refractivity contribution in [3.63, 3.8) is 0 Å². The molecule has 17 heavy (non-hydrogen) atoms. The molecular formula is C14H15NO2. The van der Waals surface area contributed by atoms with Gasteiger partial charge in [0.1, 0.15) is 11.3 Å². The van der Waals surface area contributed by atoms with Crippen LogP contribution in [0.5, 0.6) is 5.75 Å². The van der Waals surface area contributed by atoms with E-state index in [1.165, 1.54) is 0 Å². The fourth-order valence-electron chi connectivity index (χ4n) is 1.99. The van der Waals surface area contributed by atoms with Crippen LogP contribution in [0.15, 0.2) is 41.4 Å². The first kappa shape index (κ1) is 11.6. The molecule has 88 valence electrons. The molecule has 0 fully saturated rings. The number of benzene rings is 1. The summed E-state index contributed by atoms with van der Waals surface area (Å²) in [4.78, 5) is 16.8. The Morgan fingerprint density at radius 1 is 1.41 bits per heavy atom. The quantitative estimate of drug-likeness (QED) is 0.744. The molecule has 1 aromatic rings. The van der Waals surface area contributed by atoms with E-state index in [1.807, 2.05) is 31.2 Å². The number of para-hydroxylation sites is 1. The molecule has 0 N–H and O–H groups in total. The number of ketones is 1. The Hall–Kier alpha value is -1.90. The fourth-order valence-corrected chi connectivity index (χ4v) is 1.99. The molecule has 1 aliphatic rings. The van der Waals surface area contributed by atoms with Crippen LogP contribution >= 0.6 is 0 Å². The highest BCUT2D eigenvalue weighted by atomic mass is 16.5. The zero-order chi connectivity index (χ0) is 12.3. The molecule has 0 saturated carbocycles. The molecule has 0 aliphatic carbocycles. The van der Waals surface area contributed by atoms with Crippen LogP contribution in [-0.2, 0) is 0 Å². The van der Waals surface area contributed by atoms with E-state index in [2.05, 4.69) is 4.99 Å². The van der Waals surface area contributed by atoms with Gasteiger partial charge in [0.05, 0.1) is 12.7 Å². The number of Topliss-reactive ketones (excluding diaryl/α,β-unsaturated/α-hetero) is 1. The third-order valence-corrected chi connectivity index (χ3v) is 3.05. The molecule has 0 spiro atoms. The molecule has 0 amide bonds. The van der Waals surface area contributed by atoms with Crippen LogP contribution in [0, 0.1) is 0 Å². The summed E-state index contributed by atoms with van der Waals surface area (Å²) in [6.07, 6.45) is 5.99. The van der Waals surface area contributed by atoms with E-state index < -0.39 is 5.54 Å². The van der Waals surface area contributed by atoms with Crippen LogP contribution in [0.4, 0.5) is 0 Å². The number of ether oxygens (including phenoxy) is 1. The Morgan fingerprint density at radius 2 is 2.18 bits per heavy atom. The number of hydrogen-bond acceptors (Lipinski definition) is 3. The number of aliphatic imine (C=N–C) groups is 1. The van der Waals surface area contributed by atoms with E-state index in [0.717, 1.165) is 0 Å². The SMILES string of the molecule is CCC1(C(=O)c2ccccc2OC)C=CC=N1. The van der Waals surface area contributed by atoms with Crippen molar-refractivity contribution in [2.75, 3.05) is 7.11 Å². The first-order chi connectivity index (χ1) is 8.23. The Kier molecular flexibility index (Phi) is 3.09. The lowest BCUT2D eigenvalue weighted by atomic mass is 9.87. The maximum Gasteiger partial charge on any atom is 0.197 e. The Labute approximate surface area is 101 Å². The number of carbonyl (C=O) groups excluding carboxylic acids is 1. The summed E-state index contributed by atoms with van der Waals surface area (Å²) in [7, 11) is 1.57. The molecule has 0 radical (unpaired) electrons. The normalized spacial score (nSPS) is 21.8. The lowest BCUT2D eigenvalue weighted by Crippen LogP contribution is -2.32. The summed E-state index contributed by atoms with van der Waals surface area (Å²) < 4.78 is 5.22. The highest BCUT2D eigenvalue weighted by molar-refractivity contribution is 6.08. The van der Waals surface area contributed by atoms with Crippen LogP contribution in [0.1, 0.15) is 23.7 Å². The van der Waals surface area contributed by atoms with Crippen molar-refractivity contribution in [1.29, 1.82) is 0 Å². The molecule has 1 unspecified atom stereocenters. The van der Waals surface area contributed by atoms with Crippen LogP contribution in [0.25, 0.3) is 0 Å². The van der Waals surface area contributed by atoms with E-state index in [4.69, 9.17) is 4.74 Å². The molecule has 2 rings (SSSR count). The third kappa shape index (κ3) is 1.88. The van der Waals surface area contributed by atoms with Crippen LogP contribution in [0.2, 0.25) is 0 Å². The Bertz CT molecular complexity index is 477. The largest absolute Gasteiger partial charge is 0.496 e. The van der Waals surface area contributed by atoms with Gasteiger partial charge in [0, 0.05) is 6.21 Å². The van der Waals surface area contributed by atoms with Crippen molar-refractivity contribution >= 4 is 12.0 Å². The first-order valence-electron chi connectivity index (χ1n) is 5.64. The zero-order valence-electron chi connectivity index (χ0n) is 10.0. The summed E-state index contributed by atoms with van der Waals surface area (Å²) in [6.45, 7) is 1.96. The van der Waals surface area contributed by atoms with Crippen molar-refractivity contribution in [2.45, 2.75) is 18.9 Å². The number of rotatable bonds is 4. The van der Waals surface area contributed by atoms with Gasteiger partial charge in [0.15, 0.2) is 5.78 Å². The molecule has 0 bridgehead atoms. The summed E-state index contributed by atoms with van der Waals surface area (Å²) in [5.74, 6) is 0.586. The second-order valence-corrected chi connectivity index (χ2v) is 3.94. The monoisotopic (exact) mass is 229 g/mol. The minimum atomic E-state index is -0.741. The van der Waals surface area contributed by atoms with Crippen molar-refractivity contribution in [3.05, 3.63) is 42.0 Å². The van der Waals surface area contributed by atoms with E-state index in [0.29, 0.717) is 17.7 Å². The molecule has 0 saturated heterocycles. The molecule has 0 aromatic heterocycles. The van der Waals surface area contributed by atoms with E-state index in [1.54, 1.807) is 25.5 Å². The summed E-state index contributed by atoms with van der Waals surface area (Å²) >= 11 is 0. The number of nitrogens with zero attached hydrogens (tertiary/aromatic N) is 1. The van der Waals surface area contributed by atoms with Crippen molar-refractivity contribution in [3.8, 4) is 5.75 Å². The van der Waals surface area contributed by atoms with Gasteiger partial charge in [-0.25, -0.2) is 0 Å².